The van der Waals surface area contributed by atoms with E-state index in [0.717, 1.165) is 23.5 Å². The van der Waals surface area contributed by atoms with E-state index < -0.39 is 0 Å². The van der Waals surface area contributed by atoms with Gasteiger partial charge in [-0.15, -0.1) is 0 Å². The number of rotatable bonds is 2. The third-order valence-corrected chi connectivity index (χ3v) is 1.71. The van der Waals surface area contributed by atoms with E-state index in [1.807, 2.05) is 20.8 Å². The normalized spacial score (nSPS) is 23.4. The second kappa shape index (κ2) is 3.57. The molecule has 2 heteroatoms. The number of aliphatic imine (C=N–C) groups is 1. The zero-order valence-corrected chi connectivity index (χ0v) is 7.92. The molecule has 1 aliphatic rings. The van der Waals surface area contributed by atoms with E-state index in [-0.39, 0.29) is 6.10 Å². The van der Waals surface area contributed by atoms with Gasteiger partial charge in [0.05, 0.1) is 5.70 Å². The first kappa shape index (κ1) is 9.04. The summed E-state index contributed by atoms with van der Waals surface area (Å²) >= 11 is 0. The van der Waals surface area contributed by atoms with Crippen LogP contribution in [-0.4, -0.2) is 12.3 Å². The highest BCUT2D eigenvalue weighted by Gasteiger charge is 2.17. The lowest BCUT2D eigenvalue weighted by Gasteiger charge is -2.01. The van der Waals surface area contributed by atoms with Crippen molar-refractivity contribution in [3.05, 3.63) is 23.6 Å². The fourth-order valence-corrected chi connectivity index (χ4v) is 1.16. The second-order valence-corrected chi connectivity index (χ2v) is 3.24. The number of nitrogens with zero attached hydrogens (tertiary/aromatic N) is 1. The molecule has 0 saturated heterocycles. The first-order valence-corrected chi connectivity index (χ1v) is 4.15. The maximum atomic E-state index is 5.44. The quantitative estimate of drug-likeness (QED) is 0.576. The summed E-state index contributed by atoms with van der Waals surface area (Å²) in [7, 11) is 0. The molecule has 1 atom stereocenters. The van der Waals surface area contributed by atoms with Gasteiger partial charge in [-0.25, -0.2) is 0 Å². The molecule has 66 valence electrons. The average Bonchev–Trinajstić information content (AvgIpc) is 2.26. The molecule has 0 amide bonds. The molecule has 0 aliphatic carbocycles. The Morgan fingerprint density at radius 1 is 1.75 bits per heavy atom. The minimum Gasteiger partial charge on any atom is -0.493 e. The van der Waals surface area contributed by atoms with Crippen LogP contribution < -0.4 is 0 Å². The molecule has 1 heterocycles. The van der Waals surface area contributed by atoms with Crippen molar-refractivity contribution in [2.45, 2.75) is 33.3 Å². The SMILES string of the molecule is C=C(C)C=NC1=C(C)OC(C)C1. The van der Waals surface area contributed by atoms with Gasteiger partial charge in [0.2, 0.25) is 0 Å². The van der Waals surface area contributed by atoms with Crippen LogP contribution in [0.15, 0.2) is 28.6 Å². The van der Waals surface area contributed by atoms with Gasteiger partial charge in [-0.05, 0) is 26.3 Å². The Labute approximate surface area is 73.6 Å². The summed E-state index contributed by atoms with van der Waals surface area (Å²) in [5.74, 6) is 0.944. The highest BCUT2D eigenvalue weighted by Crippen LogP contribution is 2.24. The predicted molar refractivity (Wildman–Crippen MR) is 51.2 cm³/mol. The van der Waals surface area contributed by atoms with Crippen LogP contribution in [0.25, 0.3) is 0 Å². The molecule has 0 bridgehead atoms. The third kappa shape index (κ3) is 2.22. The van der Waals surface area contributed by atoms with Crippen LogP contribution in [0.5, 0.6) is 0 Å². The van der Waals surface area contributed by atoms with E-state index in [4.69, 9.17) is 4.74 Å². The number of hydrogen-bond acceptors (Lipinski definition) is 2. The Balaban J connectivity index is 2.64. The fourth-order valence-electron chi connectivity index (χ4n) is 1.16. The summed E-state index contributed by atoms with van der Waals surface area (Å²) in [6, 6.07) is 0. The monoisotopic (exact) mass is 165 g/mol. The number of ether oxygens (including phenoxy) is 1. The Morgan fingerprint density at radius 3 is 2.83 bits per heavy atom. The van der Waals surface area contributed by atoms with E-state index in [1.54, 1.807) is 6.21 Å². The van der Waals surface area contributed by atoms with Crippen LogP contribution in [0, 0.1) is 0 Å². The summed E-state index contributed by atoms with van der Waals surface area (Å²) in [6.07, 6.45) is 2.97. The van der Waals surface area contributed by atoms with Crippen molar-refractivity contribution in [1.82, 2.24) is 0 Å². The molecule has 0 saturated carbocycles. The Kier molecular flexibility index (Phi) is 2.69. The molecule has 1 rings (SSSR count). The van der Waals surface area contributed by atoms with Crippen LogP contribution in [-0.2, 0) is 4.74 Å². The van der Waals surface area contributed by atoms with Gasteiger partial charge in [0, 0.05) is 12.6 Å². The van der Waals surface area contributed by atoms with Crippen molar-refractivity contribution >= 4 is 6.21 Å². The van der Waals surface area contributed by atoms with Crippen LogP contribution in [0.2, 0.25) is 0 Å². The van der Waals surface area contributed by atoms with Gasteiger partial charge >= 0.3 is 0 Å². The zero-order chi connectivity index (χ0) is 9.14. The van der Waals surface area contributed by atoms with Crippen molar-refractivity contribution in [3.8, 4) is 0 Å². The summed E-state index contributed by atoms with van der Waals surface area (Å²) < 4.78 is 5.44. The van der Waals surface area contributed by atoms with Crippen molar-refractivity contribution in [3.63, 3.8) is 0 Å². The van der Waals surface area contributed by atoms with Crippen LogP contribution >= 0.6 is 0 Å². The number of hydrogen-bond donors (Lipinski definition) is 0. The van der Waals surface area contributed by atoms with Crippen molar-refractivity contribution in [2.75, 3.05) is 0 Å². The molecule has 0 radical (unpaired) electrons. The molecule has 0 fully saturated rings. The summed E-state index contributed by atoms with van der Waals surface area (Å²) in [5, 5.41) is 0. The van der Waals surface area contributed by atoms with Gasteiger partial charge in [-0.3, -0.25) is 4.99 Å². The van der Waals surface area contributed by atoms with Crippen LogP contribution in [0.1, 0.15) is 27.2 Å². The smallest absolute Gasteiger partial charge is 0.115 e. The van der Waals surface area contributed by atoms with Gasteiger partial charge in [0.1, 0.15) is 11.9 Å². The average molecular weight is 165 g/mol. The van der Waals surface area contributed by atoms with Crippen LogP contribution in [0.4, 0.5) is 0 Å². The van der Waals surface area contributed by atoms with Gasteiger partial charge in [-0.2, -0.15) is 0 Å². The van der Waals surface area contributed by atoms with E-state index in [0.29, 0.717) is 0 Å². The highest BCUT2D eigenvalue weighted by atomic mass is 16.5. The maximum Gasteiger partial charge on any atom is 0.115 e. The fraction of sp³-hybridized carbons (Fsp3) is 0.500. The predicted octanol–water partition coefficient (Wildman–Crippen LogP) is 2.67. The highest BCUT2D eigenvalue weighted by molar-refractivity contribution is 5.77. The molecule has 0 aromatic carbocycles. The molecule has 1 unspecified atom stereocenters. The summed E-state index contributed by atoms with van der Waals surface area (Å²) in [4.78, 5) is 4.28. The summed E-state index contributed by atoms with van der Waals surface area (Å²) in [6.45, 7) is 9.68. The molecule has 0 spiro atoms. The molecule has 2 nitrogen and oxygen atoms in total. The molecular formula is C10H15NO. The Bertz CT molecular complexity index is 251. The third-order valence-electron chi connectivity index (χ3n) is 1.71. The maximum absolute atomic E-state index is 5.44. The van der Waals surface area contributed by atoms with E-state index >= 15 is 0 Å². The first-order valence-electron chi connectivity index (χ1n) is 4.15. The topological polar surface area (TPSA) is 21.6 Å². The van der Waals surface area contributed by atoms with E-state index in [1.165, 1.54) is 0 Å². The van der Waals surface area contributed by atoms with E-state index in [9.17, 15) is 0 Å². The van der Waals surface area contributed by atoms with Crippen LogP contribution in [0.3, 0.4) is 0 Å². The van der Waals surface area contributed by atoms with Crippen molar-refractivity contribution < 1.29 is 4.74 Å². The van der Waals surface area contributed by atoms with Gasteiger partial charge in [0.15, 0.2) is 0 Å². The molecule has 0 N–H and O–H groups in total. The molecule has 1 aliphatic heterocycles. The lowest BCUT2D eigenvalue weighted by molar-refractivity contribution is 0.161. The minimum atomic E-state index is 0.280. The molecule has 12 heavy (non-hydrogen) atoms. The second-order valence-electron chi connectivity index (χ2n) is 3.24. The molecular weight excluding hydrogens is 150 g/mol. The number of allylic oxidation sites excluding steroid dienone is 2. The van der Waals surface area contributed by atoms with Gasteiger partial charge in [-0.1, -0.05) is 6.58 Å². The molecule has 0 aromatic heterocycles. The lowest BCUT2D eigenvalue weighted by Crippen LogP contribution is -1.96. The first-order chi connectivity index (χ1) is 5.59. The van der Waals surface area contributed by atoms with Gasteiger partial charge in [0.25, 0.3) is 0 Å². The lowest BCUT2D eigenvalue weighted by atomic mass is 10.2. The minimum absolute atomic E-state index is 0.280. The Morgan fingerprint density at radius 2 is 2.42 bits per heavy atom. The Hall–Kier alpha value is -1.05. The largest absolute Gasteiger partial charge is 0.493 e. The van der Waals surface area contributed by atoms with Crippen molar-refractivity contribution in [2.24, 2.45) is 4.99 Å². The van der Waals surface area contributed by atoms with Crippen molar-refractivity contribution in [1.29, 1.82) is 0 Å². The van der Waals surface area contributed by atoms with Gasteiger partial charge < -0.3 is 4.74 Å². The summed E-state index contributed by atoms with van der Waals surface area (Å²) in [5.41, 5.74) is 2.01. The van der Waals surface area contributed by atoms with E-state index in [2.05, 4.69) is 11.6 Å². The zero-order valence-electron chi connectivity index (χ0n) is 7.92. The molecule has 0 aromatic rings. The standard InChI is InChI=1S/C10H15NO/c1-7(2)6-11-10-5-8(3)12-9(10)4/h6,8H,1,5H2,2-4H3.